The second-order valence-electron chi connectivity index (χ2n) is 6.17. The molecule has 2 unspecified atom stereocenters. The molecular formula is C14H27NO3. The highest BCUT2D eigenvalue weighted by Gasteiger charge is 2.22. The Bertz CT molecular complexity index is 258. The molecule has 1 aliphatic heterocycles. The molecule has 2 atom stereocenters. The zero-order valence-corrected chi connectivity index (χ0v) is 11.9. The van der Waals surface area contributed by atoms with Gasteiger partial charge in [-0.05, 0) is 38.0 Å². The number of carbonyl (C=O) groups is 1. The Labute approximate surface area is 110 Å². The largest absolute Gasteiger partial charge is 0.393 e. The van der Waals surface area contributed by atoms with E-state index in [0.29, 0.717) is 19.4 Å². The average molecular weight is 257 g/mol. The summed E-state index contributed by atoms with van der Waals surface area (Å²) in [5, 5.41) is 12.3. The van der Waals surface area contributed by atoms with Crippen molar-refractivity contribution in [2.24, 2.45) is 5.41 Å². The van der Waals surface area contributed by atoms with Crippen LogP contribution < -0.4 is 5.32 Å². The van der Waals surface area contributed by atoms with Crippen molar-refractivity contribution in [2.75, 3.05) is 13.2 Å². The number of ether oxygens (including phenoxy) is 1. The van der Waals surface area contributed by atoms with Crippen LogP contribution in [-0.2, 0) is 9.53 Å². The van der Waals surface area contributed by atoms with E-state index in [1.54, 1.807) is 6.92 Å². The number of hydrogen-bond acceptors (Lipinski definition) is 3. The van der Waals surface area contributed by atoms with Gasteiger partial charge < -0.3 is 15.2 Å². The van der Waals surface area contributed by atoms with Gasteiger partial charge >= 0.3 is 0 Å². The Hall–Kier alpha value is -0.610. The Morgan fingerprint density at radius 2 is 2.28 bits per heavy atom. The summed E-state index contributed by atoms with van der Waals surface area (Å²) in [6.07, 6.45) is 4.20. The fraction of sp³-hybridized carbons (Fsp3) is 0.929. The first-order valence-corrected chi connectivity index (χ1v) is 6.95. The highest BCUT2D eigenvalue weighted by Crippen LogP contribution is 2.21. The molecule has 0 bridgehead atoms. The van der Waals surface area contributed by atoms with Gasteiger partial charge in [0, 0.05) is 19.6 Å². The molecular weight excluding hydrogens is 230 g/mol. The zero-order valence-electron chi connectivity index (χ0n) is 11.9. The Morgan fingerprint density at radius 1 is 1.56 bits per heavy atom. The lowest BCUT2D eigenvalue weighted by Crippen LogP contribution is -2.35. The first kappa shape index (κ1) is 15.4. The van der Waals surface area contributed by atoms with Crippen LogP contribution in [0.2, 0.25) is 0 Å². The van der Waals surface area contributed by atoms with E-state index in [9.17, 15) is 9.90 Å². The monoisotopic (exact) mass is 257 g/mol. The van der Waals surface area contributed by atoms with Crippen LogP contribution in [0.4, 0.5) is 0 Å². The lowest BCUT2D eigenvalue weighted by atomic mass is 9.87. The second-order valence-corrected chi connectivity index (χ2v) is 6.17. The highest BCUT2D eigenvalue weighted by atomic mass is 16.5. The molecule has 2 N–H and O–H groups in total. The predicted octanol–water partition coefficient (Wildman–Crippen LogP) is 1.86. The molecule has 1 fully saturated rings. The molecule has 0 aromatic rings. The minimum atomic E-state index is -0.330. The molecule has 0 radical (unpaired) electrons. The van der Waals surface area contributed by atoms with Crippen LogP contribution in [0.5, 0.6) is 0 Å². The standard InChI is InChI=1S/C14H27NO3/c1-11(16)9-14(2,3)10-15-13(17)7-6-12-5-4-8-18-12/h11-12,16H,4-10H2,1-3H3,(H,15,17). The highest BCUT2D eigenvalue weighted by molar-refractivity contribution is 5.75. The SMILES string of the molecule is CC(O)CC(C)(C)CNC(=O)CCC1CCCO1. The number of carbonyl (C=O) groups excluding carboxylic acids is 1. The third-order valence-corrected chi connectivity index (χ3v) is 3.33. The number of hydrogen-bond donors (Lipinski definition) is 2. The van der Waals surface area contributed by atoms with Gasteiger partial charge in [-0.25, -0.2) is 0 Å². The molecule has 0 aliphatic carbocycles. The predicted molar refractivity (Wildman–Crippen MR) is 71.3 cm³/mol. The van der Waals surface area contributed by atoms with Gasteiger partial charge in [-0.1, -0.05) is 13.8 Å². The molecule has 0 spiro atoms. The van der Waals surface area contributed by atoms with Crippen molar-refractivity contribution in [2.45, 2.75) is 65.1 Å². The number of nitrogens with one attached hydrogen (secondary N) is 1. The van der Waals surface area contributed by atoms with Crippen LogP contribution >= 0.6 is 0 Å². The van der Waals surface area contributed by atoms with Crippen molar-refractivity contribution in [3.8, 4) is 0 Å². The molecule has 1 amide bonds. The maximum absolute atomic E-state index is 11.7. The van der Waals surface area contributed by atoms with Gasteiger partial charge in [-0.3, -0.25) is 4.79 Å². The van der Waals surface area contributed by atoms with E-state index in [1.807, 2.05) is 0 Å². The van der Waals surface area contributed by atoms with Crippen molar-refractivity contribution >= 4 is 5.91 Å². The summed E-state index contributed by atoms with van der Waals surface area (Å²) in [6, 6.07) is 0. The number of amides is 1. The number of rotatable bonds is 7. The molecule has 1 aliphatic rings. The van der Waals surface area contributed by atoms with Crippen molar-refractivity contribution < 1.29 is 14.6 Å². The average Bonchev–Trinajstić information content (AvgIpc) is 2.74. The molecule has 4 heteroatoms. The summed E-state index contributed by atoms with van der Waals surface area (Å²) in [7, 11) is 0. The third-order valence-electron chi connectivity index (χ3n) is 3.33. The van der Waals surface area contributed by atoms with E-state index >= 15 is 0 Å². The summed E-state index contributed by atoms with van der Waals surface area (Å²) >= 11 is 0. The van der Waals surface area contributed by atoms with Crippen molar-refractivity contribution in [1.82, 2.24) is 5.32 Å². The van der Waals surface area contributed by atoms with E-state index in [2.05, 4.69) is 19.2 Å². The smallest absolute Gasteiger partial charge is 0.220 e. The molecule has 0 aromatic heterocycles. The van der Waals surface area contributed by atoms with Gasteiger partial charge in [0.15, 0.2) is 0 Å². The van der Waals surface area contributed by atoms with Crippen LogP contribution in [0.15, 0.2) is 0 Å². The summed E-state index contributed by atoms with van der Waals surface area (Å²) in [5.74, 6) is 0.0872. The number of aliphatic hydroxyl groups excluding tert-OH is 1. The first-order valence-electron chi connectivity index (χ1n) is 6.95. The van der Waals surface area contributed by atoms with E-state index in [4.69, 9.17) is 4.74 Å². The van der Waals surface area contributed by atoms with Gasteiger partial charge in [-0.15, -0.1) is 0 Å². The molecule has 106 valence electrons. The summed E-state index contributed by atoms with van der Waals surface area (Å²) in [6.45, 7) is 7.34. The fourth-order valence-electron chi connectivity index (χ4n) is 2.46. The van der Waals surface area contributed by atoms with Crippen LogP contribution in [0, 0.1) is 5.41 Å². The quantitative estimate of drug-likeness (QED) is 0.732. The van der Waals surface area contributed by atoms with Crippen molar-refractivity contribution in [3.05, 3.63) is 0 Å². The number of aliphatic hydroxyl groups is 1. The molecule has 1 saturated heterocycles. The first-order chi connectivity index (χ1) is 8.39. The van der Waals surface area contributed by atoms with E-state index in [1.165, 1.54) is 0 Å². The van der Waals surface area contributed by atoms with Crippen LogP contribution in [-0.4, -0.2) is 36.4 Å². The van der Waals surface area contributed by atoms with E-state index in [-0.39, 0.29) is 23.5 Å². The van der Waals surface area contributed by atoms with Gasteiger partial charge in [0.2, 0.25) is 5.91 Å². The zero-order chi connectivity index (χ0) is 13.6. The lowest BCUT2D eigenvalue weighted by Gasteiger charge is -2.26. The minimum absolute atomic E-state index is 0.0618. The Kier molecular flexibility index (Phi) is 6.09. The normalized spacial score (nSPS) is 21.9. The van der Waals surface area contributed by atoms with Crippen LogP contribution in [0.25, 0.3) is 0 Å². The Morgan fingerprint density at radius 3 is 2.83 bits per heavy atom. The van der Waals surface area contributed by atoms with Crippen molar-refractivity contribution in [1.29, 1.82) is 0 Å². The van der Waals surface area contributed by atoms with Gasteiger partial charge in [0.05, 0.1) is 12.2 Å². The summed E-state index contributed by atoms with van der Waals surface area (Å²) in [4.78, 5) is 11.7. The molecule has 18 heavy (non-hydrogen) atoms. The summed E-state index contributed by atoms with van der Waals surface area (Å²) < 4.78 is 5.49. The second kappa shape index (κ2) is 7.10. The van der Waals surface area contributed by atoms with E-state index in [0.717, 1.165) is 25.9 Å². The van der Waals surface area contributed by atoms with Gasteiger partial charge in [0.25, 0.3) is 0 Å². The van der Waals surface area contributed by atoms with Gasteiger partial charge in [-0.2, -0.15) is 0 Å². The molecule has 4 nitrogen and oxygen atoms in total. The van der Waals surface area contributed by atoms with Crippen molar-refractivity contribution in [3.63, 3.8) is 0 Å². The van der Waals surface area contributed by atoms with Crippen LogP contribution in [0.3, 0.4) is 0 Å². The topological polar surface area (TPSA) is 58.6 Å². The molecule has 0 aromatic carbocycles. The van der Waals surface area contributed by atoms with Gasteiger partial charge in [0.1, 0.15) is 0 Å². The maximum Gasteiger partial charge on any atom is 0.220 e. The maximum atomic E-state index is 11.7. The third kappa shape index (κ3) is 6.36. The molecule has 1 rings (SSSR count). The molecule has 0 saturated carbocycles. The Balaban J connectivity index is 2.15. The minimum Gasteiger partial charge on any atom is -0.393 e. The molecule has 1 heterocycles. The summed E-state index contributed by atoms with van der Waals surface area (Å²) in [5.41, 5.74) is -0.0618. The van der Waals surface area contributed by atoms with E-state index < -0.39 is 0 Å². The lowest BCUT2D eigenvalue weighted by molar-refractivity contribution is -0.122. The van der Waals surface area contributed by atoms with Crippen LogP contribution in [0.1, 0.15) is 52.9 Å². The fourth-order valence-corrected chi connectivity index (χ4v) is 2.46.